The monoisotopic (exact) mass is 434 g/mol. The smallest absolute Gasteiger partial charge is 0.326 e. The van der Waals surface area contributed by atoms with E-state index in [1.54, 1.807) is 27.7 Å². The summed E-state index contributed by atoms with van der Waals surface area (Å²) in [5.74, 6) is -5.84. The molecule has 0 aliphatic carbocycles. The van der Waals surface area contributed by atoms with Crippen molar-refractivity contribution in [2.75, 3.05) is 5.75 Å². The lowest BCUT2D eigenvalue weighted by atomic mass is 9.99. The predicted octanol–water partition coefficient (Wildman–Crippen LogP) is -1.43. The third-order valence-corrected chi connectivity index (χ3v) is 4.42. The van der Waals surface area contributed by atoms with Crippen molar-refractivity contribution in [1.82, 2.24) is 16.0 Å². The maximum atomic E-state index is 12.6. The van der Waals surface area contributed by atoms with Gasteiger partial charge in [0.05, 0.1) is 12.5 Å². The number of hydrogen-bond acceptors (Lipinski definition) is 7. The maximum absolute atomic E-state index is 12.6. The molecule has 0 radical (unpaired) electrons. The van der Waals surface area contributed by atoms with E-state index in [0.29, 0.717) is 0 Å². The second kappa shape index (κ2) is 12.3. The van der Waals surface area contributed by atoms with Crippen LogP contribution in [0.5, 0.6) is 0 Å². The van der Waals surface area contributed by atoms with Crippen LogP contribution in [0.4, 0.5) is 0 Å². The number of carbonyl (C=O) groups is 5. The third-order valence-electron chi connectivity index (χ3n) is 4.02. The molecular formula is C17H30N4O7S. The highest BCUT2D eigenvalue weighted by molar-refractivity contribution is 7.80. The van der Waals surface area contributed by atoms with E-state index in [2.05, 4.69) is 28.6 Å². The number of hydrogen-bond donors (Lipinski definition) is 7. The third kappa shape index (κ3) is 9.13. The second-order valence-corrected chi connectivity index (χ2v) is 7.61. The molecule has 29 heavy (non-hydrogen) atoms. The van der Waals surface area contributed by atoms with Gasteiger partial charge in [0.25, 0.3) is 0 Å². The molecule has 0 fully saturated rings. The number of amides is 3. The number of carbonyl (C=O) groups excluding carboxylic acids is 3. The molecule has 0 spiro atoms. The molecule has 0 aromatic carbocycles. The van der Waals surface area contributed by atoms with E-state index in [1.165, 1.54) is 0 Å². The Morgan fingerprint density at radius 2 is 1.31 bits per heavy atom. The summed E-state index contributed by atoms with van der Waals surface area (Å²) < 4.78 is 0. The zero-order valence-electron chi connectivity index (χ0n) is 16.8. The van der Waals surface area contributed by atoms with Crippen molar-refractivity contribution in [3.05, 3.63) is 0 Å². The average molecular weight is 435 g/mol. The summed E-state index contributed by atoms with van der Waals surface area (Å²) in [4.78, 5) is 59.4. The summed E-state index contributed by atoms with van der Waals surface area (Å²) in [6, 6.07) is -4.83. The first kappa shape index (κ1) is 26.7. The Hall–Kier alpha value is -2.34. The van der Waals surface area contributed by atoms with E-state index < -0.39 is 72.1 Å². The van der Waals surface area contributed by atoms with Gasteiger partial charge in [0, 0.05) is 5.75 Å². The molecule has 0 heterocycles. The molecule has 4 atom stereocenters. The average Bonchev–Trinajstić information content (AvgIpc) is 2.60. The number of nitrogens with one attached hydrogen (secondary N) is 3. The SMILES string of the molecule is CC(C)C(NC(=O)C(NC(=O)C(CC(=O)O)NC(=O)C(N)CS)C(C)C)C(=O)O. The molecule has 0 saturated heterocycles. The van der Waals surface area contributed by atoms with Gasteiger partial charge < -0.3 is 31.9 Å². The Morgan fingerprint density at radius 1 is 0.828 bits per heavy atom. The van der Waals surface area contributed by atoms with Gasteiger partial charge in [-0.25, -0.2) is 4.79 Å². The first-order valence-electron chi connectivity index (χ1n) is 9.03. The van der Waals surface area contributed by atoms with Gasteiger partial charge in [0.15, 0.2) is 0 Å². The van der Waals surface area contributed by atoms with Crippen LogP contribution < -0.4 is 21.7 Å². The maximum Gasteiger partial charge on any atom is 0.326 e. The van der Waals surface area contributed by atoms with E-state index >= 15 is 0 Å². The first-order valence-corrected chi connectivity index (χ1v) is 9.67. The molecule has 4 unspecified atom stereocenters. The molecule has 12 heteroatoms. The summed E-state index contributed by atoms with van der Waals surface area (Å²) in [7, 11) is 0. The first-order chi connectivity index (χ1) is 13.3. The Balaban J connectivity index is 5.41. The molecule has 11 nitrogen and oxygen atoms in total. The molecule has 0 rings (SSSR count). The van der Waals surface area contributed by atoms with Crippen LogP contribution in [0, 0.1) is 11.8 Å². The highest BCUT2D eigenvalue weighted by Gasteiger charge is 2.33. The lowest BCUT2D eigenvalue weighted by Gasteiger charge is -2.27. The standard InChI is InChI=1S/C17H30N4O7S/c1-7(2)12(16(26)21-13(8(3)4)17(27)28)20-15(25)10(5-11(22)23)19-14(24)9(18)6-29/h7-10,12-13,29H,5-6,18H2,1-4H3,(H,19,24)(H,20,25)(H,21,26)(H,22,23)(H,27,28). The van der Waals surface area contributed by atoms with Crippen molar-refractivity contribution < 1.29 is 34.2 Å². The number of nitrogens with two attached hydrogens (primary N) is 1. The second-order valence-electron chi connectivity index (χ2n) is 7.25. The summed E-state index contributed by atoms with van der Waals surface area (Å²) in [5.41, 5.74) is 5.52. The van der Waals surface area contributed by atoms with Crippen molar-refractivity contribution in [1.29, 1.82) is 0 Å². The van der Waals surface area contributed by atoms with Crippen LogP contribution >= 0.6 is 12.6 Å². The van der Waals surface area contributed by atoms with Gasteiger partial charge in [0.2, 0.25) is 17.7 Å². The van der Waals surface area contributed by atoms with Gasteiger partial charge in [-0.1, -0.05) is 27.7 Å². The molecule has 0 aliphatic heterocycles. The minimum Gasteiger partial charge on any atom is -0.481 e. The Morgan fingerprint density at radius 3 is 1.69 bits per heavy atom. The lowest BCUT2D eigenvalue weighted by molar-refractivity contribution is -0.144. The minimum absolute atomic E-state index is 0.0178. The van der Waals surface area contributed by atoms with Gasteiger partial charge in [-0.05, 0) is 11.8 Å². The van der Waals surface area contributed by atoms with E-state index in [4.69, 9.17) is 10.8 Å². The molecule has 3 amide bonds. The number of rotatable bonds is 12. The highest BCUT2D eigenvalue weighted by atomic mass is 32.1. The Bertz CT molecular complexity index is 627. The fraction of sp³-hybridized carbons (Fsp3) is 0.706. The van der Waals surface area contributed by atoms with Crippen LogP contribution in [0.1, 0.15) is 34.1 Å². The highest BCUT2D eigenvalue weighted by Crippen LogP contribution is 2.07. The van der Waals surface area contributed by atoms with E-state index in [9.17, 15) is 29.1 Å². The largest absolute Gasteiger partial charge is 0.481 e. The van der Waals surface area contributed by atoms with Crippen LogP contribution in [0.15, 0.2) is 0 Å². The Kier molecular flexibility index (Phi) is 11.3. The number of aliphatic carboxylic acids is 2. The molecule has 0 aromatic rings. The number of carboxylic acids is 2. The lowest BCUT2D eigenvalue weighted by Crippen LogP contribution is -2.59. The fourth-order valence-electron chi connectivity index (χ4n) is 2.29. The van der Waals surface area contributed by atoms with Crippen LogP contribution in [0.2, 0.25) is 0 Å². The quantitative estimate of drug-likeness (QED) is 0.182. The van der Waals surface area contributed by atoms with Crippen LogP contribution in [-0.4, -0.2) is 69.8 Å². The zero-order chi connectivity index (χ0) is 22.9. The van der Waals surface area contributed by atoms with Gasteiger partial charge in [-0.3, -0.25) is 19.2 Å². The molecule has 0 bridgehead atoms. The van der Waals surface area contributed by atoms with Gasteiger partial charge in [0.1, 0.15) is 18.1 Å². The van der Waals surface area contributed by atoms with Gasteiger partial charge in [-0.2, -0.15) is 12.6 Å². The summed E-state index contributed by atoms with van der Waals surface area (Å²) >= 11 is 3.87. The molecule has 7 N–H and O–H groups in total. The van der Waals surface area contributed by atoms with Crippen LogP contribution in [0.25, 0.3) is 0 Å². The normalized spacial score (nSPS) is 15.2. The van der Waals surface area contributed by atoms with Gasteiger partial charge in [-0.15, -0.1) is 0 Å². The molecule has 0 aliphatic rings. The van der Waals surface area contributed by atoms with Crippen molar-refractivity contribution in [3.63, 3.8) is 0 Å². The van der Waals surface area contributed by atoms with E-state index in [1.807, 2.05) is 0 Å². The van der Waals surface area contributed by atoms with Crippen LogP contribution in [-0.2, 0) is 24.0 Å². The molecule has 0 aromatic heterocycles. The van der Waals surface area contributed by atoms with Crippen molar-refractivity contribution in [2.45, 2.75) is 58.3 Å². The van der Waals surface area contributed by atoms with Crippen LogP contribution in [0.3, 0.4) is 0 Å². The molecule has 166 valence electrons. The van der Waals surface area contributed by atoms with Gasteiger partial charge >= 0.3 is 11.9 Å². The molecule has 0 saturated carbocycles. The number of carboxylic acid groups (broad SMARTS) is 2. The fourth-order valence-corrected chi connectivity index (χ4v) is 2.46. The van der Waals surface area contributed by atoms with E-state index in [0.717, 1.165) is 0 Å². The number of thiol groups is 1. The Labute approximate surface area is 174 Å². The topological polar surface area (TPSA) is 188 Å². The van der Waals surface area contributed by atoms with Crippen molar-refractivity contribution >= 4 is 42.3 Å². The molecular weight excluding hydrogens is 404 g/mol. The van der Waals surface area contributed by atoms with Crippen molar-refractivity contribution in [3.8, 4) is 0 Å². The summed E-state index contributed by atoms with van der Waals surface area (Å²) in [6.07, 6.45) is -0.729. The summed E-state index contributed by atoms with van der Waals surface area (Å²) in [6.45, 7) is 6.48. The summed E-state index contributed by atoms with van der Waals surface area (Å²) in [5, 5.41) is 25.2. The minimum atomic E-state index is -1.47. The predicted molar refractivity (Wildman–Crippen MR) is 107 cm³/mol. The van der Waals surface area contributed by atoms with Crippen molar-refractivity contribution in [2.24, 2.45) is 17.6 Å². The van der Waals surface area contributed by atoms with E-state index in [-0.39, 0.29) is 5.75 Å². The zero-order valence-corrected chi connectivity index (χ0v) is 17.7.